The summed E-state index contributed by atoms with van der Waals surface area (Å²) >= 11 is 3.56. The molecule has 0 spiro atoms. The number of benzene rings is 1. The fraction of sp³-hybridized carbons (Fsp3) is 0.500. The van der Waals surface area contributed by atoms with Crippen LogP contribution in [0, 0.1) is 17.6 Å². The Labute approximate surface area is 119 Å². The Kier molecular flexibility index (Phi) is 4.91. The number of halogens is 3. The molecule has 1 aliphatic rings. The van der Waals surface area contributed by atoms with Crippen molar-refractivity contribution in [3.05, 3.63) is 35.4 Å². The van der Waals surface area contributed by atoms with E-state index in [9.17, 15) is 13.6 Å². The van der Waals surface area contributed by atoms with E-state index in [1.165, 1.54) is 6.07 Å². The molecule has 0 radical (unpaired) electrons. The molecule has 0 bridgehead atoms. The fourth-order valence-corrected chi connectivity index (χ4v) is 3.15. The van der Waals surface area contributed by atoms with Gasteiger partial charge < -0.3 is 5.32 Å². The lowest BCUT2D eigenvalue weighted by Gasteiger charge is -2.11. The summed E-state index contributed by atoms with van der Waals surface area (Å²) in [6, 6.07) is 3.28. The third kappa shape index (κ3) is 4.27. The Morgan fingerprint density at radius 2 is 2.16 bits per heavy atom. The Morgan fingerprint density at radius 3 is 2.79 bits per heavy atom. The molecule has 2 unspecified atom stereocenters. The highest BCUT2D eigenvalue weighted by Gasteiger charge is 2.22. The van der Waals surface area contributed by atoms with Gasteiger partial charge in [0.2, 0.25) is 5.91 Å². The first-order valence-electron chi connectivity index (χ1n) is 6.39. The van der Waals surface area contributed by atoms with E-state index in [4.69, 9.17) is 0 Å². The monoisotopic (exact) mass is 331 g/mol. The van der Waals surface area contributed by atoms with Crippen LogP contribution in [0.25, 0.3) is 0 Å². The van der Waals surface area contributed by atoms with Gasteiger partial charge in [-0.25, -0.2) is 8.78 Å². The molecule has 104 valence electrons. The molecule has 2 rings (SSSR count). The van der Waals surface area contributed by atoms with Crippen LogP contribution < -0.4 is 5.32 Å². The molecule has 0 aromatic heterocycles. The second-order valence-corrected chi connectivity index (χ2v) is 6.29. The number of carbonyl (C=O) groups excluding carboxylic acids is 1. The van der Waals surface area contributed by atoms with Crippen LogP contribution in [0.15, 0.2) is 18.2 Å². The number of hydrogen-bond donors (Lipinski definition) is 1. The van der Waals surface area contributed by atoms with Crippen molar-refractivity contribution in [2.75, 3.05) is 6.54 Å². The molecule has 1 fully saturated rings. The number of amides is 1. The largest absolute Gasteiger partial charge is 0.356 e. The molecule has 2 atom stereocenters. The van der Waals surface area contributed by atoms with Gasteiger partial charge in [0, 0.05) is 17.4 Å². The lowest BCUT2D eigenvalue weighted by Crippen LogP contribution is -2.30. The zero-order valence-electron chi connectivity index (χ0n) is 10.5. The predicted molar refractivity (Wildman–Crippen MR) is 73.1 cm³/mol. The number of rotatable bonds is 4. The minimum Gasteiger partial charge on any atom is -0.356 e. The van der Waals surface area contributed by atoms with Gasteiger partial charge >= 0.3 is 0 Å². The van der Waals surface area contributed by atoms with Crippen LogP contribution in [0.3, 0.4) is 0 Å². The fourth-order valence-electron chi connectivity index (χ4n) is 2.36. The summed E-state index contributed by atoms with van der Waals surface area (Å²) in [6.45, 7) is 0.629. The van der Waals surface area contributed by atoms with Crippen molar-refractivity contribution < 1.29 is 13.6 Å². The Morgan fingerprint density at radius 1 is 1.37 bits per heavy atom. The van der Waals surface area contributed by atoms with E-state index in [2.05, 4.69) is 21.2 Å². The Balaban J connectivity index is 1.81. The highest BCUT2D eigenvalue weighted by atomic mass is 79.9. The van der Waals surface area contributed by atoms with Crippen LogP contribution in [0.4, 0.5) is 8.78 Å². The average molecular weight is 332 g/mol. The number of hydrogen-bond acceptors (Lipinski definition) is 1. The second-order valence-electron chi connectivity index (χ2n) is 4.99. The van der Waals surface area contributed by atoms with Crippen molar-refractivity contribution in [2.45, 2.75) is 30.5 Å². The topological polar surface area (TPSA) is 29.1 Å². The van der Waals surface area contributed by atoms with E-state index in [-0.39, 0.29) is 17.9 Å². The molecule has 2 nitrogen and oxygen atoms in total. The SMILES string of the molecule is O=C(Cc1ccc(F)cc1F)NCC1CCC(Br)C1. The highest BCUT2D eigenvalue weighted by Crippen LogP contribution is 2.29. The summed E-state index contributed by atoms with van der Waals surface area (Å²) in [5.74, 6) is -1.03. The maximum Gasteiger partial charge on any atom is 0.224 e. The van der Waals surface area contributed by atoms with Crippen molar-refractivity contribution in [2.24, 2.45) is 5.92 Å². The van der Waals surface area contributed by atoms with Crippen LogP contribution in [0.5, 0.6) is 0 Å². The average Bonchev–Trinajstić information content (AvgIpc) is 2.76. The number of alkyl halides is 1. The third-order valence-electron chi connectivity index (χ3n) is 3.43. The van der Waals surface area contributed by atoms with Crippen molar-refractivity contribution in [3.63, 3.8) is 0 Å². The Hall–Kier alpha value is -0.970. The number of carbonyl (C=O) groups is 1. The molecule has 19 heavy (non-hydrogen) atoms. The normalized spacial score (nSPS) is 22.5. The molecule has 5 heteroatoms. The predicted octanol–water partition coefficient (Wildman–Crippen LogP) is 3.19. The van der Waals surface area contributed by atoms with E-state index < -0.39 is 11.6 Å². The highest BCUT2D eigenvalue weighted by molar-refractivity contribution is 9.09. The molecule has 0 saturated heterocycles. The zero-order valence-corrected chi connectivity index (χ0v) is 12.1. The summed E-state index contributed by atoms with van der Waals surface area (Å²) < 4.78 is 26.1. The summed E-state index contributed by atoms with van der Waals surface area (Å²) in [7, 11) is 0. The lowest BCUT2D eigenvalue weighted by atomic mass is 10.1. The third-order valence-corrected chi connectivity index (χ3v) is 4.26. The number of nitrogens with one attached hydrogen (secondary N) is 1. The van der Waals surface area contributed by atoms with Crippen molar-refractivity contribution >= 4 is 21.8 Å². The summed E-state index contributed by atoms with van der Waals surface area (Å²) in [6.07, 6.45) is 3.25. The summed E-state index contributed by atoms with van der Waals surface area (Å²) in [4.78, 5) is 12.2. The molecule has 1 N–H and O–H groups in total. The minimum atomic E-state index is -0.670. The first-order valence-corrected chi connectivity index (χ1v) is 7.31. The first-order chi connectivity index (χ1) is 9.04. The smallest absolute Gasteiger partial charge is 0.224 e. The van der Waals surface area contributed by atoms with Crippen molar-refractivity contribution in [1.82, 2.24) is 5.32 Å². The quantitative estimate of drug-likeness (QED) is 0.843. The maximum atomic E-state index is 13.4. The van der Waals surface area contributed by atoms with Gasteiger partial charge in [-0.3, -0.25) is 4.79 Å². The molecule has 1 amide bonds. The molecule has 1 aromatic carbocycles. The van der Waals surface area contributed by atoms with Gasteiger partial charge in [0.25, 0.3) is 0 Å². The van der Waals surface area contributed by atoms with E-state index in [0.717, 1.165) is 31.4 Å². The van der Waals surface area contributed by atoms with E-state index in [1.54, 1.807) is 0 Å². The van der Waals surface area contributed by atoms with Gasteiger partial charge in [-0.1, -0.05) is 22.0 Å². The zero-order chi connectivity index (χ0) is 13.8. The van der Waals surface area contributed by atoms with Crippen LogP contribution in [0.1, 0.15) is 24.8 Å². The standard InChI is InChI=1S/C14H16BrF2NO/c15-11-3-1-9(5-11)8-18-14(19)6-10-2-4-12(16)7-13(10)17/h2,4,7,9,11H,1,3,5-6,8H2,(H,18,19). The Bertz CT molecular complexity index is 467. The van der Waals surface area contributed by atoms with E-state index in [0.29, 0.717) is 17.3 Å². The van der Waals surface area contributed by atoms with Crippen molar-refractivity contribution in [3.8, 4) is 0 Å². The molecule has 1 saturated carbocycles. The molecule has 1 aliphatic carbocycles. The maximum absolute atomic E-state index is 13.4. The van der Waals surface area contributed by atoms with Gasteiger partial charge in [-0.15, -0.1) is 0 Å². The van der Waals surface area contributed by atoms with Gasteiger partial charge in [-0.2, -0.15) is 0 Å². The summed E-state index contributed by atoms with van der Waals surface area (Å²) in [5, 5.41) is 2.82. The second kappa shape index (κ2) is 6.46. The van der Waals surface area contributed by atoms with E-state index >= 15 is 0 Å². The van der Waals surface area contributed by atoms with Gasteiger partial charge in [0.05, 0.1) is 6.42 Å². The van der Waals surface area contributed by atoms with Crippen LogP contribution in [-0.4, -0.2) is 17.3 Å². The van der Waals surface area contributed by atoms with Crippen LogP contribution in [-0.2, 0) is 11.2 Å². The molecule has 0 heterocycles. The lowest BCUT2D eigenvalue weighted by molar-refractivity contribution is -0.120. The van der Waals surface area contributed by atoms with Gasteiger partial charge in [0.15, 0.2) is 0 Å². The van der Waals surface area contributed by atoms with Crippen LogP contribution in [0.2, 0.25) is 0 Å². The van der Waals surface area contributed by atoms with Crippen molar-refractivity contribution in [1.29, 1.82) is 0 Å². The molecule has 0 aliphatic heterocycles. The van der Waals surface area contributed by atoms with E-state index in [1.807, 2.05) is 0 Å². The minimum absolute atomic E-state index is 0.0451. The molecular formula is C14H16BrF2NO. The first kappa shape index (κ1) is 14.4. The molecule has 1 aromatic rings. The van der Waals surface area contributed by atoms with Gasteiger partial charge in [-0.05, 0) is 36.8 Å². The van der Waals surface area contributed by atoms with Gasteiger partial charge in [0.1, 0.15) is 11.6 Å². The van der Waals surface area contributed by atoms with Crippen LogP contribution >= 0.6 is 15.9 Å². The molecular weight excluding hydrogens is 316 g/mol. The summed E-state index contributed by atoms with van der Waals surface area (Å²) in [5.41, 5.74) is 0.226.